The molecule has 1 amide bonds. The molecule has 1 fully saturated rings. The summed E-state index contributed by atoms with van der Waals surface area (Å²) in [5.41, 5.74) is 9.47. The number of methoxy groups -OCH3 is 1. The van der Waals surface area contributed by atoms with Gasteiger partial charge >= 0.3 is 0 Å². The van der Waals surface area contributed by atoms with Crippen molar-refractivity contribution in [2.24, 2.45) is 17.3 Å². The summed E-state index contributed by atoms with van der Waals surface area (Å²) in [6.45, 7) is 15.7. The number of carbonyl (C=O) groups is 2. The lowest BCUT2D eigenvalue weighted by molar-refractivity contribution is -0.222. The van der Waals surface area contributed by atoms with E-state index in [9.17, 15) is 14.7 Å². The van der Waals surface area contributed by atoms with Crippen molar-refractivity contribution in [3.8, 4) is 22.4 Å². The maximum atomic E-state index is 14.1. The molecule has 0 saturated heterocycles. The minimum Gasteiger partial charge on any atom is -0.375 e. The topological polar surface area (TPSA) is 115 Å². The zero-order valence-electron chi connectivity index (χ0n) is 38.0. The van der Waals surface area contributed by atoms with Gasteiger partial charge in [0, 0.05) is 48.7 Å². The van der Waals surface area contributed by atoms with E-state index in [0.29, 0.717) is 38.2 Å². The number of amides is 1. The van der Waals surface area contributed by atoms with Crippen LogP contribution in [0, 0.1) is 17.3 Å². The van der Waals surface area contributed by atoms with Gasteiger partial charge in [-0.3, -0.25) is 14.6 Å². The molecule has 2 aromatic carbocycles. The quantitative estimate of drug-likeness (QED) is 0.154. The van der Waals surface area contributed by atoms with Crippen LogP contribution in [-0.2, 0) is 44.9 Å². The number of nitrogens with one attached hydrogen (secondary N) is 2. The first kappa shape index (κ1) is 45.6. The number of ether oxygens (including phenoxy) is 2. The van der Waals surface area contributed by atoms with E-state index in [1.165, 1.54) is 24.0 Å². The summed E-state index contributed by atoms with van der Waals surface area (Å²) >= 11 is 0. The van der Waals surface area contributed by atoms with Gasteiger partial charge < -0.3 is 29.8 Å². The van der Waals surface area contributed by atoms with Crippen molar-refractivity contribution in [1.82, 2.24) is 20.2 Å². The van der Waals surface area contributed by atoms with Crippen LogP contribution in [0.5, 0.6) is 0 Å². The molecule has 0 radical (unpaired) electrons. The maximum absolute atomic E-state index is 14.1. The standard InChI is InChI=1S/C51H72N4O5/c1-10-35-26-36-28-39(27-35)38-23-24-44-41(30-38)42(48(55(44)11-2)40-20-17-25-53-47(40)34(4)59-9)31-50(5,6)32-60-51(7,58)46(52-8)22-14-12-13-21-45(56)43(29-36)54-49(57)33(3)37-18-15-16-19-37/h17,20,23-28,30,33-34,37,43,46,52,58H,10-16,18-19,21-22,29,31-32H2,1-9H3,(H,54,57)/t33-,34-,43-,46-,51+/m0/s1. The van der Waals surface area contributed by atoms with Crippen LogP contribution in [0.25, 0.3) is 33.3 Å². The Morgan fingerprint density at radius 1 is 1.00 bits per heavy atom. The van der Waals surface area contributed by atoms with Crippen LogP contribution in [0.4, 0.5) is 0 Å². The van der Waals surface area contributed by atoms with E-state index in [4.69, 9.17) is 14.5 Å². The Hall–Kier alpha value is -3.89. The van der Waals surface area contributed by atoms with Crippen LogP contribution in [0.2, 0.25) is 0 Å². The van der Waals surface area contributed by atoms with Crippen LogP contribution in [0.1, 0.15) is 135 Å². The van der Waals surface area contributed by atoms with Crippen molar-refractivity contribution in [3.05, 3.63) is 77.1 Å². The Morgan fingerprint density at radius 2 is 1.75 bits per heavy atom. The number of fused-ring (bicyclic) bond motifs is 4. The van der Waals surface area contributed by atoms with E-state index in [-0.39, 0.29) is 35.2 Å². The summed E-state index contributed by atoms with van der Waals surface area (Å²) < 4.78 is 14.8. The first-order valence-corrected chi connectivity index (χ1v) is 22.8. The molecule has 9 heteroatoms. The summed E-state index contributed by atoms with van der Waals surface area (Å²) in [6, 6.07) is 16.8. The molecule has 4 bridgehead atoms. The van der Waals surface area contributed by atoms with Gasteiger partial charge in [-0.15, -0.1) is 0 Å². The highest BCUT2D eigenvalue weighted by molar-refractivity contribution is 5.95. The molecule has 60 heavy (non-hydrogen) atoms. The van der Waals surface area contributed by atoms with E-state index in [1.54, 1.807) is 14.0 Å². The number of hydrogen-bond donors (Lipinski definition) is 3. The first-order chi connectivity index (χ1) is 28.7. The summed E-state index contributed by atoms with van der Waals surface area (Å²) in [6.07, 6.45) is 11.6. The minimum absolute atomic E-state index is 0.00875. The zero-order valence-corrected chi connectivity index (χ0v) is 38.0. The van der Waals surface area contributed by atoms with Gasteiger partial charge in [-0.2, -0.15) is 0 Å². The summed E-state index contributed by atoms with van der Waals surface area (Å²) in [5, 5.41) is 19.6. The molecule has 0 spiro atoms. The molecule has 1 saturated carbocycles. The van der Waals surface area contributed by atoms with Gasteiger partial charge in [0.2, 0.25) is 5.91 Å². The SMILES string of the molecule is CCc1cc2cc(c1)-c1ccc3c(c1)c(c(-c1cccnc1[C@H](C)OC)n3CC)CC(C)(C)CO[C@@](C)(O)[C@@H](NC)CCCCCC(=O)[C@@H](NC(=O)[C@@H](C)C1CCCC1)C2. The van der Waals surface area contributed by atoms with Crippen molar-refractivity contribution >= 4 is 22.6 Å². The number of aliphatic hydroxyl groups is 1. The molecular weight excluding hydrogens is 749 g/mol. The highest BCUT2D eigenvalue weighted by Gasteiger charge is 2.36. The second-order valence-corrected chi connectivity index (χ2v) is 18.7. The monoisotopic (exact) mass is 821 g/mol. The van der Waals surface area contributed by atoms with Crippen molar-refractivity contribution in [2.75, 3.05) is 20.8 Å². The molecular formula is C51H72N4O5. The summed E-state index contributed by atoms with van der Waals surface area (Å²) in [7, 11) is 3.59. The third kappa shape index (κ3) is 10.4. The lowest BCUT2D eigenvalue weighted by Crippen LogP contribution is -2.50. The normalized spacial score (nSPS) is 23.3. The molecule has 0 unspecified atom stereocenters. The number of aryl methyl sites for hydroxylation is 2. The Bertz CT molecular complexity index is 2100. The molecule has 2 aromatic heterocycles. The van der Waals surface area contributed by atoms with Gasteiger partial charge in [-0.25, -0.2) is 0 Å². The van der Waals surface area contributed by atoms with E-state index < -0.39 is 11.8 Å². The third-order valence-electron chi connectivity index (χ3n) is 13.6. The Morgan fingerprint density at radius 3 is 2.45 bits per heavy atom. The van der Waals surface area contributed by atoms with Gasteiger partial charge in [0.05, 0.1) is 36.2 Å². The number of ketones is 1. The average molecular weight is 821 g/mol. The van der Waals surface area contributed by atoms with E-state index in [1.807, 2.05) is 33.2 Å². The highest BCUT2D eigenvalue weighted by atomic mass is 16.6. The fraction of sp³-hybridized carbons (Fsp3) is 0.588. The largest absolute Gasteiger partial charge is 0.375 e. The number of aromatic nitrogens is 2. The van der Waals surface area contributed by atoms with Gasteiger partial charge in [-0.1, -0.05) is 77.6 Å². The van der Waals surface area contributed by atoms with Gasteiger partial charge in [0.25, 0.3) is 0 Å². The number of likely N-dealkylation sites (N-methyl/N-ethyl adjacent to an activating group) is 1. The number of hydrogen-bond acceptors (Lipinski definition) is 7. The first-order valence-electron chi connectivity index (χ1n) is 22.8. The van der Waals surface area contributed by atoms with Crippen molar-refractivity contribution in [2.45, 2.75) is 156 Å². The summed E-state index contributed by atoms with van der Waals surface area (Å²) in [5.74, 6) is -1.09. The number of carbonyl (C=O) groups excluding carboxylic acids is 2. The number of rotatable bonds is 9. The molecule has 326 valence electrons. The molecule has 2 aliphatic rings. The smallest absolute Gasteiger partial charge is 0.223 e. The molecule has 6 rings (SSSR count). The predicted molar refractivity (Wildman–Crippen MR) is 243 cm³/mol. The minimum atomic E-state index is -1.41. The molecule has 3 N–H and O–H groups in total. The molecule has 1 aliphatic carbocycles. The Kier molecular flexibility index (Phi) is 15.1. The van der Waals surface area contributed by atoms with E-state index in [2.05, 4.69) is 85.4 Å². The molecule has 5 atom stereocenters. The number of Topliss-reactive ketones (excluding diaryl/α,β-unsaturated/α-hetero) is 1. The molecule has 9 nitrogen and oxygen atoms in total. The van der Waals surface area contributed by atoms with Crippen molar-refractivity contribution < 1.29 is 24.2 Å². The molecule has 4 aromatic rings. The average Bonchev–Trinajstić information content (AvgIpc) is 3.89. The fourth-order valence-electron chi connectivity index (χ4n) is 9.83. The number of benzene rings is 2. The van der Waals surface area contributed by atoms with E-state index in [0.717, 1.165) is 89.6 Å². The van der Waals surface area contributed by atoms with Crippen LogP contribution in [0.3, 0.4) is 0 Å². The lowest BCUT2D eigenvalue weighted by Gasteiger charge is -2.36. The maximum Gasteiger partial charge on any atom is 0.223 e. The highest BCUT2D eigenvalue weighted by Crippen LogP contribution is 2.42. The van der Waals surface area contributed by atoms with Crippen molar-refractivity contribution in [3.63, 3.8) is 0 Å². The second kappa shape index (κ2) is 19.9. The lowest BCUT2D eigenvalue weighted by atomic mass is 9.83. The Balaban J connectivity index is 1.50. The molecule has 1 aliphatic heterocycles. The van der Waals surface area contributed by atoms with Crippen molar-refractivity contribution in [1.29, 1.82) is 0 Å². The van der Waals surface area contributed by atoms with Crippen LogP contribution >= 0.6 is 0 Å². The van der Waals surface area contributed by atoms with Crippen LogP contribution < -0.4 is 10.6 Å². The van der Waals surface area contributed by atoms with Gasteiger partial charge in [0.15, 0.2) is 11.6 Å². The fourth-order valence-corrected chi connectivity index (χ4v) is 9.83. The van der Waals surface area contributed by atoms with Crippen LogP contribution in [0.15, 0.2) is 54.7 Å². The predicted octanol–water partition coefficient (Wildman–Crippen LogP) is 9.93. The zero-order chi connectivity index (χ0) is 43.2. The third-order valence-corrected chi connectivity index (χ3v) is 13.6. The Labute approximate surface area is 359 Å². The van der Waals surface area contributed by atoms with Crippen LogP contribution in [-0.4, -0.2) is 65.0 Å². The van der Waals surface area contributed by atoms with Gasteiger partial charge in [0.1, 0.15) is 0 Å². The summed E-state index contributed by atoms with van der Waals surface area (Å²) in [4.78, 5) is 32.8. The second-order valence-electron chi connectivity index (χ2n) is 18.7. The number of nitrogens with zero attached hydrogens (tertiary/aromatic N) is 2. The van der Waals surface area contributed by atoms with Gasteiger partial charge in [-0.05, 0) is 136 Å². The molecule has 3 heterocycles. The van der Waals surface area contributed by atoms with E-state index >= 15 is 0 Å². The number of pyridine rings is 1.